The smallest absolute Gasteiger partial charge is 0.164 e. The molecule has 1 nitrogen and oxygen atoms in total. The van der Waals surface area contributed by atoms with E-state index in [4.69, 9.17) is 11.6 Å². The van der Waals surface area contributed by atoms with Gasteiger partial charge in [-0.3, -0.25) is 4.79 Å². The van der Waals surface area contributed by atoms with E-state index in [0.29, 0.717) is 6.42 Å². The van der Waals surface area contributed by atoms with Crippen LogP contribution in [-0.2, 0) is 0 Å². The van der Waals surface area contributed by atoms with Crippen molar-refractivity contribution in [3.05, 3.63) is 34.4 Å². The molecule has 0 saturated heterocycles. The number of carbonyl (C=O) groups is 1. The van der Waals surface area contributed by atoms with Crippen LogP contribution in [0.5, 0.6) is 0 Å². The van der Waals surface area contributed by atoms with Crippen molar-refractivity contribution in [1.82, 2.24) is 0 Å². The highest BCUT2D eigenvalue weighted by atomic mass is 35.5. The number of unbranched alkanes of at least 4 members (excludes halogenated alkanes) is 2. The Morgan fingerprint density at radius 2 is 1.88 bits per heavy atom. The Labute approximate surface area is 98.4 Å². The molecule has 0 aliphatic heterocycles. The Morgan fingerprint density at radius 1 is 1.25 bits per heavy atom. The monoisotopic (exact) mass is 246 g/mol. The van der Waals surface area contributed by atoms with E-state index in [0.717, 1.165) is 31.4 Å². The van der Waals surface area contributed by atoms with Crippen molar-refractivity contribution in [1.29, 1.82) is 0 Å². The maximum atomic E-state index is 12.9. The second-order valence-corrected chi connectivity index (χ2v) is 4.03. The Bertz CT molecular complexity index is 391. The minimum atomic E-state index is -1.04. The van der Waals surface area contributed by atoms with Crippen LogP contribution in [-0.4, -0.2) is 5.78 Å². The summed E-state index contributed by atoms with van der Waals surface area (Å²) in [5.74, 6) is -2.31. The normalized spacial score (nSPS) is 10.5. The van der Waals surface area contributed by atoms with Crippen LogP contribution in [0, 0.1) is 11.6 Å². The van der Waals surface area contributed by atoms with E-state index in [-0.39, 0.29) is 16.4 Å². The van der Waals surface area contributed by atoms with Crippen molar-refractivity contribution < 1.29 is 13.6 Å². The lowest BCUT2D eigenvalue weighted by molar-refractivity contribution is 0.0979. The molecule has 88 valence electrons. The van der Waals surface area contributed by atoms with Crippen LogP contribution in [0.15, 0.2) is 12.1 Å². The average Bonchev–Trinajstić information content (AvgIpc) is 2.23. The van der Waals surface area contributed by atoms with Gasteiger partial charge >= 0.3 is 0 Å². The first-order chi connectivity index (χ1) is 7.56. The van der Waals surface area contributed by atoms with Gasteiger partial charge in [0.15, 0.2) is 17.4 Å². The van der Waals surface area contributed by atoms with Gasteiger partial charge in [-0.1, -0.05) is 31.4 Å². The summed E-state index contributed by atoms with van der Waals surface area (Å²) in [6.07, 6.45) is 3.00. The van der Waals surface area contributed by atoms with Gasteiger partial charge in [-0.05, 0) is 18.6 Å². The third kappa shape index (κ3) is 3.27. The highest BCUT2D eigenvalue weighted by Crippen LogP contribution is 2.22. The topological polar surface area (TPSA) is 17.1 Å². The number of halogens is 3. The van der Waals surface area contributed by atoms with Gasteiger partial charge in [0.1, 0.15) is 0 Å². The predicted molar refractivity (Wildman–Crippen MR) is 59.8 cm³/mol. The summed E-state index contributed by atoms with van der Waals surface area (Å²) in [6, 6.07) is 1.70. The predicted octanol–water partition coefficient (Wildman–Crippen LogP) is 4.38. The molecule has 0 aliphatic carbocycles. The Balaban J connectivity index is 2.79. The minimum absolute atomic E-state index is 0.0274. The van der Waals surface area contributed by atoms with Crippen molar-refractivity contribution in [3.8, 4) is 0 Å². The fourth-order valence-electron chi connectivity index (χ4n) is 1.41. The molecule has 0 atom stereocenters. The van der Waals surface area contributed by atoms with Crippen molar-refractivity contribution in [2.45, 2.75) is 32.6 Å². The molecule has 1 rings (SSSR count). The summed E-state index contributed by atoms with van der Waals surface area (Å²) < 4.78 is 25.7. The lowest BCUT2D eigenvalue weighted by atomic mass is 10.0. The summed E-state index contributed by atoms with van der Waals surface area (Å²) >= 11 is 5.68. The zero-order valence-corrected chi connectivity index (χ0v) is 9.78. The van der Waals surface area contributed by atoms with Gasteiger partial charge in [0.25, 0.3) is 0 Å². The highest BCUT2D eigenvalue weighted by Gasteiger charge is 2.14. The molecular formula is C12H13ClF2O. The van der Waals surface area contributed by atoms with E-state index in [1.54, 1.807) is 0 Å². The summed E-state index contributed by atoms with van der Waals surface area (Å²) in [6.45, 7) is 2.02. The maximum Gasteiger partial charge on any atom is 0.164 e. The Morgan fingerprint density at radius 3 is 2.50 bits per heavy atom. The van der Waals surface area contributed by atoms with Crippen molar-refractivity contribution in [2.75, 3.05) is 0 Å². The fourth-order valence-corrected chi connectivity index (χ4v) is 1.66. The second-order valence-electron chi connectivity index (χ2n) is 3.63. The van der Waals surface area contributed by atoms with Gasteiger partial charge in [-0.15, -0.1) is 0 Å². The van der Waals surface area contributed by atoms with Gasteiger partial charge in [0, 0.05) is 12.0 Å². The molecule has 0 spiro atoms. The molecule has 0 amide bonds. The molecule has 0 saturated carbocycles. The van der Waals surface area contributed by atoms with Crippen LogP contribution in [0.2, 0.25) is 5.02 Å². The lowest BCUT2D eigenvalue weighted by Crippen LogP contribution is -2.02. The number of rotatable bonds is 5. The van der Waals surface area contributed by atoms with Gasteiger partial charge in [0.2, 0.25) is 0 Å². The zero-order valence-electron chi connectivity index (χ0n) is 9.03. The third-order valence-corrected chi connectivity index (χ3v) is 2.63. The largest absolute Gasteiger partial charge is 0.294 e. The number of hydrogen-bond donors (Lipinski definition) is 0. The van der Waals surface area contributed by atoms with Crippen LogP contribution in [0.4, 0.5) is 8.78 Å². The molecule has 0 aliphatic rings. The SMILES string of the molecule is CCCCCC(=O)c1cc(F)c(F)cc1Cl. The molecular weight excluding hydrogens is 234 g/mol. The standard InChI is InChI=1S/C12H13ClF2O/c1-2-3-4-5-12(16)8-6-10(14)11(15)7-9(8)13/h6-7H,2-5H2,1H3. The quantitative estimate of drug-likeness (QED) is 0.428. The Hall–Kier alpha value is -0.960. The summed E-state index contributed by atoms with van der Waals surface area (Å²) in [7, 11) is 0. The van der Waals surface area contributed by atoms with Gasteiger partial charge < -0.3 is 0 Å². The summed E-state index contributed by atoms with van der Waals surface area (Å²) in [5, 5.41) is -0.0274. The van der Waals surface area contributed by atoms with E-state index in [1.165, 1.54) is 0 Å². The number of Topliss-reactive ketones (excluding diaryl/α,β-unsaturated/α-hetero) is 1. The molecule has 4 heteroatoms. The van der Waals surface area contributed by atoms with Crippen LogP contribution in [0.3, 0.4) is 0 Å². The van der Waals surface area contributed by atoms with E-state index in [2.05, 4.69) is 0 Å². The maximum absolute atomic E-state index is 12.9. The zero-order chi connectivity index (χ0) is 12.1. The second kappa shape index (κ2) is 5.94. The van der Waals surface area contributed by atoms with Gasteiger partial charge in [-0.25, -0.2) is 8.78 Å². The molecule has 1 aromatic carbocycles. The Kier molecular flexibility index (Phi) is 4.87. The van der Waals surface area contributed by atoms with Crippen molar-refractivity contribution in [3.63, 3.8) is 0 Å². The van der Waals surface area contributed by atoms with Crippen LogP contribution in [0.1, 0.15) is 43.0 Å². The third-order valence-electron chi connectivity index (χ3n) is 2.32. The van der Waals surface area contributed by atoms with E-state index < -0.39 is 11.6 Å². The molecule has 0 unspecified atom stereocenters. The number of hydrogen-bond acceptors (Lipinski definition) is 1. The molecule has 0 aromatic heterocycles. The van der Waals surface area contributed by atoms with Crippen molar-refractivity contribution in [2.24, 2.45) is 0 Å². The van der Waals surface area contributed by atoms with Crippen molar-refractivity contribution >= 4 is 17.4 Å². The molecule has 1 aromatic rings. The van der Waals surface area contributed by atoms with Gasteiger partial charge in [0.05, 0.1) is 5.02 Å². The average molecular weight is 247 g/mol. The molecule has 0 fully saturated rings. The highest BCUT2D eigenvalue weighted by molar-refractivity contribution is 6.33. The number of ketones is 1. The summed E-state index contributed by atoms with van der Waals surface area (Å²) in [5.41, 5.74) is 0.0664. The number of carbonyl (C=O) groups excluding carboxylic acids is 1. The van der Waals surface area contributed by atoms with E-state index >= 15 is 0 Å². The van der Waals surface area contributed by atoms with Gasteiger partial charge in [-0.2, -0.15) is 0 Å². The van der Waals surface area contributed by atoms with Crippen LogP contribution in [0.25, 0.3) is 0 Å². The summed E-state index contributed by atoms with van der Waals surface area (Å²) in [4.78, 5) is 11.6. The first kappa shape index (κ1) is 13.1. The van der Waals surface area contributed by atoms with E-state index in [9.17, 15) is 13.6 Å². The fraction of sp³-hybridized carbons (Fsp3) is 0.417. The lowest BCUT2D eigenvalue weighted by Gasteiger charge is -2.04. The van der Waals surface area contributed by atoms with Crippen LogP contribution >= 0.6 is 11.6 Å². The van der Waals surface area contributed by atoms with E-state index in [1.807, 2.05) is 6.92 Å². The number of benzene rings is 1. The molecule has 0 radical (unpaired) electrons. The molecule has 0 heterocycles. The molecule has 0 bridgehead atoms. The first-order valence-corrected chi connectivity index (χ1v) is 5.61. The molecule has 16 heavy (non-hydrogen) atoms. The minimum Gasteiger partial charge on any atom is -0.294 e. The molecule has 0 N–H and O–H groups in total. The first-order valence-electron chi connectivity index (χ1n) is 5.24. The van der Waals surface area contributed by atoms with Crippen LogP contribution < -0.4 is 0 Å².